The molecule has 0 atom stereocenters. The second-order valence-electron chi connectivity index (χ2n) is 3.65. The Hall–Kier alpha value is -2.14. The van der Waals surface area contributed by atoms with Crippen LogP contribution in [0.4, 0.5) is 0 Å². The number of rotatable bonds is 2. The van der Waals surface area contributed by atoms with Gasteiger partial charge in [0.25, 0.3) is 0 Å². The van der Waals surface area contributed by atoms with Gasteiger partial charge in [0.2, 0.25) is 5.78 Å². The summed E-state index contributed by atoms with van der Waals surface area (Å²) in [6, 6.07) is 8.77. The lowest BCUT2D eigenvalue weighted by Gasteiger charge is -1.97. The fourth-order valence-electron chi connectivity index (χ4n) is 1.72. The average Bonchev–Trinajstić information content (AvgIpc) is 2.94. The molecule has 0 aliphatic carbocycles. The van der Waals surface area contributed by atoms with Crippen LogP contribution in [-0.4, -0.2) is 15.8 Å². The minimum atomic E-state index is -0.263. The minimum absolute atomic E-state index is 0.0241. The molecule has 0 saturated heterocycles. The Morgan fingerprint density at radius 1 is 1.12 bits per heavy atom. The van der Waals surface area contributed by atoms with Gasteiger partial charge in [-0.05, 0) is 29.6 Å². The number of hydrogen-bond donors (Lipinski definition) is 2. The van der Waals surface area contributed by atoms with Crippen molar-refractivity contribution in [3.05, 3.63) is 56.6 Å². The number of aromatic nitrogens is 2. The maximum atomic E-state index is 12.1. The van der Waals surface area contributed by atoms with Gasteiger partial charge in [-0.1, -0.05) is 6.07 Å². The van der Waals surface area contributed by atoms with Crippen LogP contribution in [-0.2, 0) is 0 Å². The number of imidazole rings is 1. The van der Waals surface area contributed by atoms with Crippen LogP contribution in [0, 0.1) is 0 Å². The summed E-state index contributed by atoms with van der Waals surface area (Å²) in [5.74, 6) is -0.0241. The molecule has 2 N–H and O–H groups in total. The summed E-state index contributed by atoms with van der Waals surface area (Å²) in [6.45, 7) is 0. The zero-order chi connectivity index (χ0) is 11.8. The zero-order valence-electron chi connectivity index (χ0n) is 8.69. The number of hydrogen-bond acceptors (Lipinski definition) is 3. The van der Waals surface area contributed by atoms with Crippen molar-refractivity contribution in [1.29, 1.82) is 0 Å². The topological polar surface area (TPSA) is 65.7 Å². The fourth-order valence-corrected chi connectivity index (χ4v) is 2.41. The SMILES string of the molecule is O=C(c1ccc2[nH]c(=O)[nH]c2c1)c1cccs1. The van der Waals surface area contributed by atoms with Crippen LogP contribution in [0.25, 0.3) is 11.0 Å². The molecule has 5 heteroatoms. The Balaban J connectivity index is 2.12. The highest BCUT2D eigenvalue weighted by Crippen LogP contribution is 2.17. The first kappa shape index (κ1) is 10.0. The van der Waals surface area contributed by atoms with E-state index in [2.05, 4.69) is 9.97 Å². The van der Waals surface area contributed by atoms with Crippen molar-refractivity contribution in [2.24, 2.45) is 0 Å². The Labute approximate surface area is 99.9 Å². The number of ketones is 1. The molecule has 0 fully saturated rings. The molecular formula is C12H8N2O2S. The largest absolute Gasteiger partial charge is 0.323 e. The van der Waals surface area contributed by atoms with E-state index < -0.39 is 0 Å². The quantitative estimate of drug-likeness (QED) is 0.678. The molecule has 2 aromatic heterocycles. The molecule has 1 aromatic carbocycles. The second-order valence-corrected chi connectivity index (χ2v) is 4.59. The van der Waals surface area contributed by atoms with E-state index in [1.54, 1.807) is 24.3 Å². The van der Waals surface area contributed by atoms with Crippen molar-refractivity contribution in [1.82, 2.24) is 9.97 Å². The first-order valence-electron chi connectivity index (χ1n) is 5.04. The van der Waals surface area contributed by atoms with E-state index in [0.29, 0.717) is 21.5 Å². The Kier molecular flexibility index (Phi) is 2.19. The lowest BCUT2D eigenvalue weighted by atomic mass is 10.1. The predicted octanol–water partition coefficient (Wildman–Crippen LogP) is 2.15. The third kappa shape index (κ3) is 1.70. The number of benzene rings is 1. The van der Waals surface area contributed by atoms with Gasteiger partial charge in [0, 0.05) is 5.56 Å². The summed E-state index contributed by atoms with van der Waals surface area (Å²) < 4.78 is 0. The number of carbonyl (C=O) groups excluding carboxylic acids is 1. The molecule has 84 valence electrons. The first-order chi connectivity index (χ1) is 8.24. The normalized spacial score (nSPS) is 10.8. The van der Waals surface area contributed by atoms with E-state index in [1.165, 1.54) is 11.3 Å². The number of aromatic amines is 2. The van der Waals surface area contributed by atoms with Gasteiger partial charge in [-0.3, -0.25) is 4.79 Å². The second kappa shape index (κ2) is 3.71. The molecule has 17 heavy (non-hydrogen) atoms. The van der Waals surface area contributed by atoms with E-state index in [1.807, 2.05) is 11.4 Å². The molecule has 3 rings (SSSR count). The molecule has 0 amide bonds. The molecule has 0 aliphatic heterocycles. The third-order valence-electron chi connectivity index (χ3n) is 2.52. The van der Waals surface area contributed by atoms with E-state index in [0.717, 1.165) is 0 Å². The van der Waals surface area contributed by atoms with Gasteiger partial charge in [0.1, 0.15) is 0 Å². The van der Waals surface area contributed by atoms with Gasteiger partial charge in [-0.25, -0.2) is 4.79 Å². The van der Waals surface area contributed by atoms with Gasteiger partial charge in [-0.15, -0.1) is 11.3 Å². The highest BCUT2D eigenvalue weighted by Gasteiger charge is 2.11. The van der Waals surface area contributed by atoms with Gasteiger partial charge in [-0.2, -0.15) is 0 Å². The van der Waals surface area contributed by atoms with Crippen LogP contribution >= 0.6 is 11.3 Å². The number of nitrogens with one attached hydrogen (secondary N) is 2. The van der Waals surface area contributed by atoms with Crippen molar-refractivity contribution in [3.63, 3.8) is 0 Å². The highest BCUT2D eigenvalue weighted by atomic mass is 32.1. The van der Waals surface area contributed by atoms with Crippen molar-refractivity contribution < 1.29 is 4.79 Å². The Morgan fingerprint density at radius 3 is 2.71 bits per heavy atom. The number of thiophene rings is 1. The number of fused-ring (bicyclic) bond motifs is 1. The molecule has 0 unspecified atom stereocenters. The lowest BCUT2D eigenvalue weighted by Crippen LogP contribution is -1.99. The maximum absolute atomic E-state index is 12.1. The van der Waals surface area contributed by atoms with Gasteiger partial charge in [0.15, 0.2) is 0 Å². The van der Waals surface area contributed by atoms with Crippen LogP contribution in [0.15, 0.2) is 40.5 Å². The van der Waals surface area contributed by atoms with Crippen molar-refractivity contribution >= 4 is 28.2 Å². The summed E-state index contributed by atoms with van der Waals surface area (Å²) in [6.07, 6.45) is 0. The summed E-state index contributed by atoms with van der Waals surface area (Å²) in [5, 5.41) is 1.87. The van der Waals surface area contributed by atoms with Gasteiger partial charge in [0.05, 0.1) is 15.9 Å². The molecule has 0 saturated carbocycles. The summed E-state index contributed by atoms with van der Waals surface area (Å²) in [7, 11) is 0. The van der Waals surface area contributed by atoms with Crippen LogP contribution in [0.3, 0.4) is 0 Å². The van der Waals surface area contributed by atoms with Crippen LogP contribution in [0.2, 0.25) is 0 Å². The molecule has 0 radical (unpaired) electrons. The van der Waals surface area contributed by atoms with E-state index in [-0.39, 0.29) is 11.5 Å². The smallest absolute Gasteiger partial charge is 0.306 e. The summed E-state index contributed by atoms with van der Waals surface area (Å²) >= 11 is 1.41. The first-order valence-corrected chi connectivity index (χ1v) is 5.92. The van der Waals surface area contributed by atoms with Crippen molar-refractivity contribution in [2.45, 2.75) is 0 Å². The van der Waals surface area contributed by atoms with E-state index in [4.69, 9.17) is 0 Å². The van der Waals surface area contributed by atoms with Crippen LogP contribution in [0.1, 0.15) is 15.2 Å². The predicted molar refractivity (Wildman–Crippen MR) is 66.7 cm³/mol. The van der Waals surface area contributed by atoms with Crippen LogP contribution in [0.5, 0.6) is 0 Å². The van der Waals surface area contributed by atoms with Gasteiger partial charge < -0.3 is 9.97 Å². The Morgan fingerprint density at radius 2 is 1.94 bits per heavy atom. The summed E-state index contributed by atoms with van der Waals surface area (Å²) in [4.78, 5) is 29.1. The monoisotopic (exact) mass is 244 g/mol. The summed E-state index contributed by atoms with van der Waals surface area (Å²) in [5.41, 5.74) is 1.67. The number of carbonyl (C=O) groups is 1. The molecule has 0 spiro atoms. The van der Waals surface area contributed by atoms with Gasteiger partial charge >= 0.3 is 5.69 Å². The molecule has 0 bridgehead atoms. The fraction of sp³-hybridized carbons (Fsp3) is 0. The Bertz CT molecular complexity index is 737. The standard InChI is InChI=1S/C12H8N2O2S/c15-11(10-2-1-5-17-10)7-3-4-8-9(6-7)14-12(16)13-8/h1-6H,(H2,13,14,16). The average molecular weight is 244 g/mol. The van der Waals surface area contributed by atoms with E-state index >= 15 is 0 Å². The lowest BCUT2D eigenvalue weighted by molar-refractivity contribution is 0.104. The zero-order valence-corrected chi connectivity index (χ0v) is 9.51. The maximum Gasteiger partial charge on any atom is 0.323 e. The van der Waals surface area contributed by atoms with Crippen molar-refractivity contribution in [2.75, 3.05) is 0 Å². The molecule has 0 aliphatic rings. The third-order valence-corrected chi connectivity index (χ3v) is 3.39. The molecule has 4 nitrogen and oxygen atoms in total. The van der Waals surface area contributed by atoms with Crippen LogP contribution < -0.4 is 5.69 Å². The molecule has 2 heterocycles. The van der Waals surface area contributed by atoms with E-state index in [9.17, 15) is 9.59 Å². The molecular weight excluding hydrogens is 236 g/mol. The highest BCUT2D eigenvalue weighted by molar-refractivity contribution is 7.12. The minimum Gasteiger partial charge on any atom is -0.306 e. The van der Waals surface area contributed by atoms with Crippen molar-refractivity contribution in [3.8, 4) is 0 Å². The molecule has 3 aromatic rings. The number of H-pyrrole nitrogens is 2.